The van der Waals surface area contributed by atoms with Crippen molar-refractivity contribution in [2.45, 2.75) is 45.1 Å². The van der Waals surface area contributed by atoms with Gasteiger partial charge in [-0.2, -0.15) is 4.98 Å². The first kappa shape index (κ1) is 14.1. The standard InChI is InChI=1S/C14H24N4O/c1-2-15-14-16-9-8-13(17-14)18(10-11-19)12-6-4-3-5-7-12/h8-9,12,19H,2-7,10-11H2,1H3,(H,15,16,17). The lowest BCUT2D eigenvalue weighted by molar-refractivity contribution is 0.289. The van der Waals surface area contributed by atoms with E-state index in [1.54, 1.807) is 6.20 Å². The summed E-state index contributed by atoms with van der Waals surface area (Å²) in [7, 11) is 0. The highest BCUT2D eigenvalue weighted by Crippen LogP contribution is 2.26. The molecular weight excluding hydrogens is 240 g/mol. The second-order valence-electron chi connectivity index (χ2n) is 4.98. The van der Waals surface area contributed by atoms with Gasteiger partial charge < -0.3 is 15.3 Å². The molecule has 1 aromatic rings. The van der Waals surface area contributed by atoms with Crippen molar-refractivity contribution < 1.29 is 5.11 Å². The van der Waals surface area contributed by atoms with E-state index in [9.17, 15) is 5.11 Å². The van der Waals surface area contributed by atoms with Crippen LogP contribution in [-0.2, 0) is 0 Å². The van der Waals surface area contributed by atoms with E-state index in [0.717, 1.165) is 12.4 Å². The molecule has 1 aliphatic rings. The maximum absolute atomic E-state index is 9.30. The van der Waals surface area contributed by atoms with Gasteiger partial charge in [-0.05, 0) is 25.8 Å². The van der Waals surface area contributed by atoms with Crippen LogP contribution in [0.5, 0.6) is 0 Å². The average molecular weight is 264 g/mol. The molecule has 0 atom stereocenters. The lowest BCUT2D eigenvalue weighted by atomic mass is 9.94. The van der Waals surface area contributed by atoms with Crippen molar-refractivity contribution in [2.24, 2.45) is 0 Å². The minimum atomic E-state index is 0.164. The Labute approximate surface area is 115 Å². The zero-order chi connectivity index (χ0) is 13.5. The molecule has 5 heteroatoms. The Bertz CT molecular complexity index is 379. The second kappa shape index (κ2) is 7.28. The maximum Gasteiger partial charge on any atom is 0.224 e. The fourth-order valence-corrected chi connectivity index (χ4v) is 2.74. The van der Waals surface area contributed by atoms with Crippen LogP contribution in [0.4, 0.5) is 11.8 Å². The summed E-state index contributed by atoms with van der Waals surface area (Å²) in [6.07, 6.45) is 8.06. The molecule has 0 aromatic carbocycles. The number of aliphatic hydroxyl groups is 1. The fourth-order valence-electron chi connectivity index (χ4n) is 2.74. The Balaban J connectivity index is 2.14. The van der Waals surface area contributed by atoms with Crippen molar-refractivity contribution >= 4 is 11.8 Å². The summed E-state index contributed by atoms with van der Waals surface area (Å²) in [5, 5.41) is 12.4. The van der Waals surface area contributed by atoms with Crippen LogP contribution in [0.2, 0.25) is 0 Å². The van der Waals surface area contributed by atoms with E-state index in [0.29, 0.717) is 18.5 Å². The quantitative estimate of drug-likeness (QED) is 0.823. The summed E-state index contributed by atoms with van der Waals surface area (Å²) in [4.78, 5) is 11.0. The summed E-state index contributed by atoms with van der Waals surface area (Å²) in [6, 6.07) is 2.44. The number of rotatable bonds is 6. The zero-order valence-corrected chi connectivity index (χ0v) is 11.7. The Kier molecular flexibility index (Phi) is 5.39. The molecule has 0 aliphatic heterocycles. The second-order valence-corrected chi connectivity index (χ2v) is 4.98. The molecular formula is C14H24N4O. The van der Waals surface area contributed by atoms with Gasteiger partial charge in [0.15, 0.2) is 0 Å². The van der Waals surface area contributed by atoms with Crippen LogP contribution in [0, 0.1) is 0 Å². The predicted molar refractivity (Wildman–Crippen MR) is 77.5 cm³/mol. The molecule has 1 aliphatic carbocycles. The van der Waals surface area contributed by atoms with Crippen LogP contribution < -0.4 is 10.2 Å². The Hall–Kier alpha value is -1.36. The number of aliphatic hydroxyl groups excluding tert-OH is 1. The van der Waals surface area contributed by atoms with Crippen molar-refractivity contribution in [3.63, 3.8) is 0 Å². The van der Waals surface area contributed by atoms with Gasteiger partial charge in [0, 0.05) is 25.3 Å². The van der Waals surface area contributed by atoms with Crippen LogP contribution in [0.3, 0.4) is 0 Å². The number of hydrogen-bond acceptors (Lipinski definition) is 5. The largest absolute Gasteiger partial charge is 0.395 e. The highest BCUT2D eigenvalue weighted by Gasteiger charge is 2.22. The van der Waals surface area contributed by atoms with Crippen LogP contribution in [0.25, 0.3) is 0 Å². The third-order valence-corrected chi connectivity index (χ3v) is 3.63. The van der Waals surface area contributed by atoms with E-state index in [1.165, 1.54) is 32.1 Å². The normalized spacial score (nSPS) is 16.3. The summed E-state index contributed by atoms with van der Waals surface area (Å²) < 4.78 is 0. The van der Waals surface area contributed by atoms with Gasteiger partial charge in [0.1, 0.15) is 5.82 Å². The van der Waals surface area contributed by atoms with Gasteiger partial charge in [-0.15, -0.1) is 0 Å². The number of aromatic nitrogens is 2. The first-order chi connectivity index (χ1) is 9.35. The zero-order valence-electron chi connectivity index (χ0n) is 11.7. The number of hydrogen-bond donors (Lipinski definition) is 2. The number of anilines is 2. The molecule has 1 fully saturated rings. The molecule has 1 heterocycles. The summed E-state index contributed by atoms with van der Waals surface area (Å²) >= 11 is 0. The first-order valence-corrected chi connectivity index (χ1v) is 7.29. The Morgan fingerprint density at radius 1 is 1.37 bits per heavy atom. The molecule has 1 aromatic heterocycles. The van der Waals surface area contributed by atoms with E-state index in [2.05, 4.69) is 20.2 Å². The number of nitrogens with one attached hydrogen (secondary N) is 1. The summed E-state index contributed by atoms with van der Waals surface area (Å²) in [5.41, 5.74) is 0. The van der Waals surface area contributed by atoms with Crippen molar-refractivity contribution in [1.82, 2.24) is 9.97 Å². The monoisotopic (exact) mass is 264 g/mol. The van der Waals surface area contributed by atoms with Gasteiger partial charge in [-0.3, -0.25) is 0 Å². The van der Waals surface area contributed by atoms with E-state index >= 15 is 0 Å². The van der Waals surface area contributed by atoms with Crippen LogP contribution in [-0.4, -0.2) is 40.8 Å². The molecule has 5 nitrogen and oxygen atoms in total. The highest BCUT2D eigenvalue weighted by molar-refractivity contribution is 5.43. The van der Waals surface area contributed by atoms with Crippen molar-refractivity contribution in [1.29, 1.82) is 0 Å². The smallest absolute Gasteiger partial charge is 0.224 e. The molecule has 2 rings (SSSR count). The SMILES string of the molecule is CCNc1nccc(N(CCO)C2CCCCC2)n1. The molecule has 0 bridgehead atoms. The lowest BCUT2D eigenvalue weighted by Gasteiger charge is -2.34. The highest BCUT2D eigenvalue weighted by atomic mass is 16.3. The minimum Gasteiger partial charge on any atom is -0.395 e. The molecule has 0 saturated heterocycles. The van der Waals surface area contributed by atoms with Gasteiger partial charge >= 0.3 is 0 Å². The van der Waals surface area contributed by atoms with E-state index in [-0.39, 0.29) is 6.61 Å². The topological polar surface area (TPSA) is 61.3 Å². The summed E-state index contributed by atoms with van der Waals surface area (Å²) in [6.45, 7) is 3.65. The third kappa shape index (κ3) is 3.80. The van der Waals surface area contributed by atoms with Crippen molar-refractivity contribution in [3.8, 4) is 0 Å². The van der Waals surface area contributed by atoms with Crippen molar-refractivity contribution in [2.75, 3.05) is 29.9 Å². The van der Waals surface area contributed by atoms with Gasteiger partial charge in [0.2, 0.25) is 5.95 Å². The molecule has 0 radical (unpaired) electrons. The van der Waals surface area contributed by atoms with Crippen LogP contribution in [0.15, 0.2) is 12.3 Å². The van der Waals surface area contributed by atoms with Gasteiger partial charge in [0.05, 0.1) is 6.61 Å². The molecule has 0 amide bonds. The van der Waals surface area contributed by atoms with Crippen LogP contribution >= 0.6 is 0 Å². The molecule has 19 heavy (non-hydrogen) atoms. The van der Waals surface area contributed by atoms with E-state index in [1.807, 2.05) is 13.0 Å². The average Bonchev–Trinajstić information content (AvgIpc) is 2.46. The van der Waals surface area contributed by atoms with Gasteiger partial charge in [0.25, 0.3) is 0 Å². The van der Waals surface area contributed by atoms with Crippen molar-refractivity contribution in [3.05, 3.63) is 12.3 Å². The molecule has 106 valence electrons. The van der Waals surface area contributed by atoms with Gasteiger partial charge in [-0.1, -0.05) is 19.3 Å². The summed E-state index contributed by atoms with van der Waals surface area (Å²) in [5.74, 6) is 1.59. The maximum atomic E-state index is 9.30. The molecule has 0 unspecified atom stereocenters. The molecule has 1 saturated carbocycles. The third-order valence-electron chi connectivity index (χ3n) is 3.63. The Morgan fingerprint density at radius 3 is 2.84 bits per heavy atom. The fraction of sp³-hybridized carbons (Fsp3) is 0.714. The molecule has 0 spiro atoms. The minimum absolute atomic E-state index is 0.164. The molecule has 2 N–H and O–H groups in total. The lowest BCUT2D eigenvalue weighted by Crippen LogP contribution is -2.39. The predicted octanol–water partition coefficient (Wildman–Crippen LogP) is 2.04. The van der Waals surface area contributed by atoms with E-state index in [4.69, 9.17) is 0 Å². The number of nitrogens with zero attached hydrogens (tertiary/aromatic N) is 3. The Morgan fingerprint density at radius 2 is 2.16 bits per heavy atom. The van der Waals surface area contributed by atoms with E-state index < -0.39 is 0 Å². The van der Waals surface area contributed by atoms with Gasteiger partial charge in [-0.25, -0.2) is 4.98 Å². The first-order valence-electron chi connectivity index (χ1n) is 7.29. The van der Waals surface area contributed by atoms with Crippen LogP contribution in [0.1, 0.15) is 39.0 Å².